The zero-order valence-electron chi connectivity index (χ0n) is 21.1. The predicted molar refractivity (Wildman–Crippen MR) is 145 cm³/mol. The van der Waals surface area contributed by atoms with Gasteiger partial charge >= 0.3 is 0 Å². The third-order valence-electron chi connectivity index (χ3n) is 7.77. The van der Waals surface area contributed by atoms with Gasteiger partial charge in [-0.2, -0.15) is 5.26 Å². The van der Waals surface area contributed by atoms with Crippen molar-refractivity contribution in [2.45, 2.75) is 100 Å². The molecule has 2 aliphatic carbocycles. The van der Waals surface area contributed by atoms with Crippen LogP contribution in [0.5, 0.6) is 0 Å². The molecule has 2 nitrogen and oxygen atoms in total. The first-order valence-corrected chi connectivity index (χ1v) is 13.6. The number of alkyl halides is 2. The van der Waals surface area contributed by atoms with Gasteiger partial charge in [0.1, 0.15) is 0 Å². The molecule has 0 saturated heterocycles. The van der Waals surface area contributed by atoms with Crippen LogP contribution in [0, 0.1) is 11.3 Å². The summed E-state index contributed by atoms with van der Waals surface area (Å²) in [6, 6.07) is 19.8. The number of benzene rings is 2. The lowest BCUT2D eigenvalue weighted by Crippen LogP contribution is -2.30. The Labute approximate surface area is 217 Å². The van der Waals surface area contributed by atoms with Crippen LogP contribution < -0.4 is 0 Å². The molecule has 0 radical (unpaired) electrons. The van der Waals surface area contributed by atoms with Gasteiger partial charge in [0.2, 0.25) is 0 Å². The van der Waals surface area contributed by atoms with Crippen molar-refractivity contribution in [3.8, 4) is 6.07 Å². The van der Waals surface area contributed by atoms with Crippen LogP contribution in [-0.2, 0) is 22.7 Å². The fourth-order valence-corrected chi connectivity index (χ4v) is 6.59. The van der Waals surface area contributed by atoms with Crippen LogP contribution in [0.25, 0.3) is 0 Å². The molecule has 4 heteroatoms. The van der Waals surface area contributed by atoms with Crippen LogP contribution in [0.2, 0.25) is 0 Å². The van der Waals surface area contributed by atoms with E-state index in [0.29, 0.717) is 6.04 Å². The fraction of sp³-hybridized carbons (Fsp3) is 0.567. The third-order valence-corrected chi connectivity index (χ3v) is 8.94. The molecule has 0 bridgehead atoms. The maximum atomic E-state index is 7.32. The van der Waals surface area contributed by atoms with Gasteiger partial charge in [0.15, 0.2) is 0 Å². The predicted octanol–water partition coefficient (Wildman–Crippen LogP) is 8.69. The molecule has 0 N–H and O–H groups in total. The summed E-state index contributed by atoms with van der Waals surface area (Å²) in [6.45, 7) is 4.76. The molecular weight excluding hydrogens is 459 g/mol. The summed E-state index contributed by atoms with van der Waals surface area (Å²) in [4.78, 5) is 2.07. The van der Waals surface area contributed by atoms with E-state index < -0.39 is 0 Å². The van der Waals surface area contributed by atoms with Gasteiger partial charge in [-0.3, -0.25) is 4.90 Å². The first-order chi connectivity index (χ1) is 16.3. The molecule has 34 heavy (non-hydrogen) atoms. The van der Waals surface area contributed by atoms with Crippen molar-refractivity contribution in [3.05, 3.63) is 70.8 Å². The number of hydrogen-bond donors (Lipinski definition) is 0. The van der Waals surface area contributed by atoms with Crippen LogP contribution in [0.15, 0.2) is 48.5 Å². The molecule has 0 heterocycles. The molecule has 0 aliphatic heterocycles. The highest BCUT2D eigenvalue weighted by molar-refractivity contribution is 6.25. The SMILES string of the molecule is CC#N.CC(CCc1c(C2(Cl)CCCC2)cccc1C1(Cl)CCCC1)N(C)Cc1ccccc1. The van der Waals surface area contributed by atoms with E-state index in [-0.39, 0.29) is 9.75 Å². The minimum atomic E-state index is -0.198. The molecule has 1 atom stereocenters. The van der Waals surface area contributed by atoms with Crippen molar-refractivity contribution in [3.63, 3.8) is 0 Å². The lowest BCUT2D eigenvalue weighted by Gasteiger charge is -2.32. The highest BCUT2D eigenvalue weighted by Crippen LogP contribution is 2.51. The highest BCUT2D eigenvalue weighted by Gasteiger charge is 2.40. The summed E-state index contributed by atoms with van der Waals surface area (Å²) in [5, 5.41) is 7.32. The van der Waals surface area contributed by atoms with Gasteiger partial charge in [-0.25, -0.2) is 0 Å². The average molecular weight is 500 g/mol. The van der Waals surface area contributed by atoms with Crippen molar-refractivity contribution >= 4 is 23.2 Å². The molecule has 2 aliphatic rings. The maximum Gasteiger partial charge on any atom is 0.0697 e. The molecular formula is C30H40Cl2N2. The van der Waals surface area contributed by atoms with Crippen LogP contribution in [-0.4, -0.2) is 18.0 Å². The maximum absolute atomic E-state index is 7.32. The second kappa shape index (κ2) is 12.4. The van der Waals surface area contributed by atoms with E-state index in [2.05, 4.69) is 67.4 Å². The molecule has 4 rings (SSSR count). The van der Waals surface area contributed by atoms with Crippen molar-refractivity contribution < 1.29 is 0 Å². The van der Waals surface area contributed by atoms with Crippen molar-refractivity contribution in [1.82, 2.24) is 4.90 Å². The smallest absolute Gasteiger partial charge is 0.0697 e. The number of hydrogen-bond acceptors (Lipinski definition) is 2. The van der Waals surface area contributed by atoms with E-state index in [0.717, 1.165) is 45.1 Å². The van der Waals surface area contributed by atoms with E-state index in [1.807, 2.05) is 0 Å². The largest absolute Gasteiger partial charge is 0.299 e. The van der Waals surface area contributed by atoms with Gasteiger partial charge < -0.3 is 0 Å². The van der Waals surface area contributed by atoms with E-state index >= 15 is 0 Å². The van der Waals surface area contributed by atoms with Gasteiger partial charge in [-0.15, -0.1) is 23.2 Å². The van der Waals surface area contributed by atoms with Crippen LogP contribution >= 0.6 is 23.2 Å². The van der Waals surface area contributed by atoms with Gasteiger partial charge in [-0.1, -0.05) is 74.2 Å². The Hall–Kier alpha value is -1.53. The molecule has 0 spiro atoms. The van der Waals surface area contributed by atoms with Crippen molar-refractivity contribution in [2.75, 3.05) is 7.05 Å². The third kappa shape index (κ3) is 6.57. The molecule has 0 aromatic heterocycles. The van der Waals surface area contributed by atoms with Crippen molar-refractivity contribution in [2.24, 2.45) is 0 Å². The Balaban J connectivity index is 0.00000103. The Morgan fingerprint density at radius 3 is 1.82 bits per heavy atom. The molecule has 0 amide bonds. The minimum absolute atomic E-state index is 0.198. The van der Waals surface area contributed by atoms with E-state index in [1.165, 1.54) is 54.9 Å². The molecule has 2 saturated carbocycles. The number of nitrogens with zero attached hydrogens (tertiary/aromatic N) is 2. The zero-order chi connectivity index (χ0) is 24.6. The van der Waals surface area contributed by atoms with Crippen molar-refractivity contribution in [1.29, 1.82) is 5.26 Å². The topological polar surface area (TPSA) is 27.0 Å². The minimum Gasteiger partial charge on any atom is -0.299 e. The molecule has 2 fully saturated rings. The summed E-state index contributed by atoms with van der Waals surface area (Å²) in [5.41, 5.74) is 5.56. The lowest BCUT2D eigenvalue weighted by molar-refractivity contribution is 0.238. The first kappa shape index (κ1) is 27.1. The molecule has 1 unspecified atom stereocenters. The first-order valence-electron chi connectivity index (χ1n) is 12.9. The lowest BCUT2D eigenvalue weighted by atomic mass is 9.82. The van der Waals surface area contributed by atoms with E-state index in [1.54, 1.807) is 6.07 Å². The van der Waals surface area contributed by atoms with Gasteiger partial charge in [0.05, 0.1) is 15.8 Å². The van der Waals surface area contributed by atoms with Crippen LogP contribution in [0.1, 0.15) is 93.9 Å². The summed E-state index contributed by atoms with van der Waals surface area (Å²) in [6.07, 6.45) is 11.4. The van der Waals surface area contributed by atoms with Crippen LogP contribution in [0.3, 0.4) is 0 Å². The second-order valence-corrected chi connectivity index (χ2v) is 11.6. The second-order valence-electron chi connectivity index (χ2n) is 10.2. The summed E-state index contributed by atoms with van der Waals surface area (Å²) < 4.78 is 0. The van der Waals surface area contributed by atoms with Gasteiger partial charge in [0, 0.05) is 19.5 Å². The molecule has 184 valence electrons. The quantitative estimate of drug-likeness (QED) is 0.340. The molecule has 2 aromatic rings. The van der Waals surface area contributed by atoms with Gasteiger partial charge in [0.25, 0.3) is 0 Å². The summed E-state index contributed by atoms with van der Waals surface area (Å²) >= 11 is 14.5. The normalized spacial score (nSPS) is 19.3. The Morgan fingerprint density at radius 2 is 1.35 bits per heavy atom. The number of halogens is 2. The number of nitriles is 1. The fourth-order valence-electron chi connectivity index (χ4n) is 5.71. The zero-order valence-corrected chi connectivity index (χ0v) is 22.6. The standard InChI is InChI=1S/C28H37Cl2N.C2H3N/c1-22(31(2)21-23-11-4-3-5-12-23)15-16-24-25(27(29)17-6-7-18-27)13-10-14-26(24)28(30)19-8-9-20-28;1-2-3/h3-5,10-14,22H,6-9,15-21H2,1-2H3;1H3. The highest BCUT2D eigenvalue weighted by atomic mass is 35.5. The monoisotopic (exact) mass is 498 g/mol. The summed E-state index contributed by atoms with van der Waals surface area (Å²) in [7, 11) is 2.24. The average Bonchev–Trinajstić information content (AvgIpc) is 3.48. The molecule has 2 aromatic carbocycles. The Kier molecular flexibility index (Phi) is 9.90. The summed E-state index contributed by atoms with van der Waals surface area (Å²) in [5.74, 6) is 0. The van der Waals surface area contributed by atoms with Crippen LogP contribution in [0.4, 0.5) is 0 Å². The van der Waals surface area contributed by atoms with Gasteiger partial charge in [-0.05, 0) is 74.8 Å². The number of rotatable bonds is 8. The Morgan fingerprint density at radius 1 is 0.882 bits per heavy atom. The van der Waals surface area contributed by atoms with E-state index in [4.69, 9.17) is 28.5 Å². The Bertz CT molecular complexity index is 898. The van der Waals surface area contributed by atoms with E-state index in [9.17, 15) is 0 Å².